The zero-order valence-corrected chi connectivity index (χ0v) is 13.4. The maximum absolute atomic E-state index is 13.3. The second kappa shape index (κ2) is 5.77. The van der Waals surface area contributed by atoms with Crippen LogP contribution < -0.4 is 0 Å². The average Bonchev–Trinajstić information content (AvgIpc) is 3.04. The van der Waals surface area contributed by atoms with Crippen molar-refractivity contribution in [3.8, 4) is 0 Å². The van der Waals surface area contributed by atoms with E-state index in [1.165, 1.54) is 0 Å². The van der Waals surface area contributed by atoms with Gasteiger partial charge in [0.1, 0.15) is 12.0 Å². The molecular weight excluding hydrogens is 362 g/mol. The van der Waals surface area contributed by atoms with Crippen LogP contribution >= 0.6 is 12.0 Å². The molecule has 2 bridgehead atoms. The Morgan fingerprint density at radius 3 is 2.78 bits per heavy atom. The van der Waals surface area contributed by atoms with Crippen molar-refractivity contribution >= 4 is 28.1 Å². The Hall–Kier alpha value is -0.530. The highest BCUT2D eigenvalue weighted by atomic mass is 32.2. The van der Waals surface area contributed by atoms with Crippen molar-refractivity contribution in [1.29, 1.82) is 0 Å². The Kier molecular flexibility index (Phi) is 4.34. The lowest BCUT2D eigenvalue weighted by atomic mass is 9.80. The van der Waals surface area contributed by atoms with E-state index in [1.807, 2.05) is 0 Å². The van der Waals surface area contributed by atoms with Crippen molar-refractivity contribution in [1.82, 2.24) is 0 Å². The maximum Gasteiger partial charge on any atom is 0.415 e. The summed E-state index contributed by atoms with van der Waals surface area (Å²) in [7, 11) is -3.65. The second-order valence-electron chi connectivity index (χ2n) is 5.95. The van der Waals surface area contributed by atoms with Crippen molar-refractivity contribution in [2.24, 2.45) is 23.7 Å². The van der Waals surface area contributed by atoms with Gasteiger partial charge in [-0.2, -0.15) is 17.2 Å². The first-order valence-corrected chi connectivity index (χ1v) is 9.03. The summed E-state index contributed by atoms with van der Waals surface area (Å²) in [5.41, 5.74) is 0. The lowest BCUT2D eigenvalue weighted by Crippen LogP contribution is -2.39. The quantitative estimate of drug-likeness (QED) is 0.240. The number of carbonyl (C=O) groups is 1. The molecule has 6 unspecified atom stereocenters. The predicted octanol–water partition coefficient (Wildman–Crippen LogP) is 1.19. The molecule has 2 aliphatic carbocycles. The smallest absolute Gasteiger partial charge is 0.415 e. The predicted molar refractivity (Wildman–Crippen MR) is 70.1 cm³/mol. The molecule has 8 nitrogen and oxygen atoms in total. The monoisotopic (exact) mass is 376 g/mol. The summed E-state index contributed by atoms with van der Waals surface area (Å²) in [6.07, 6.45) is -0.0119. The van der Waals surface area contributed by atoms with Crippen LogP contribution in [0.5, 0.6) is 0 Å². The molecule has 3 fully saturated rings. The van der Waals surface area contributed by atoms with Crippen molar-refractivity contribution in [3.63, 3.8) is 0 Å². The lowest BCUT2D eigenvalue weighted by molar-refractivity contribution is -0.433. The van der Waals surface area contributed by atoms with Gasteiger partial charge >= 0.3 is 11.2 Å². The molecule has 2 saturated carbocycles. The Balaban J connectivity index is 1.63. The molecule has 12 heteroatoms. The van der Waals surface area contributed by atoms with E-state index in [9.17, 15) is 22.0 Å². The van der Waals surface area contributed by atoms with Gasteiger partial charge in [0.05, 0.1) is 18.0 Å². The van der Waals surface area contributed by atoms with Crippen LogP contribution in [0.3, 0.4) is 0 Å². The van der Waals surface area contributed by atoms with E-state index < -0.39 is 50.7 Å². The highest BCUT2D eigenvalue weighted by Crippen LogP contribution is 2.60. The molecule has 1 aliphatic heterocycles. The second-order valence-corrected chi connectivity index (χ2v) is 8.48. The SMILES string of the molecule is CC1C2CC3C(OS(=O)(=O)C13)C2COC(=O)C(F)(F)SOOO. The summed E-state index contributed by atoms with van der Waals surface area (Å²) in [5, 5.41) is 6.21. The third kappa shape index (κ3) is 2.74. The van der Waals surface area contributed by atoms with Gasteiger partial charge < -0.3 is 4.74 Å². The number of halogens is 2. The van der Waals surface area contributed by atoms with E-state index >= 15 is 0 Å². The summed E-state index contributed by atoms with van der Waals surface area (Å²) in [6.45, 7) is 1.41. The van der Waals surface area contributed by atoms with Crippen LogP contribution in [-0.2, 0) is 33.2 Å². The van der Waals surface area contributed by atoms with Gasteiger partial charge in [-0.3, -0.25) is 4.18 Å². The molecule has 0 amide bonds. The highest BCUT2D eigenvalue weighted by molar-refractivity contribution is 7.96. The minimum Gasteiger partial charge on any atom is -0.460 e. The first-order chi connectivity index (χ1) is 10.7. The average molecular weight is 376 g/mol. The fourth-order valence-corrected chi connectivity index (χ4v) is 6.54. The Bertz CT molecular complexity index is 597. The zero-order chi connectivity index (χ0) is 17.0. The van der Waals surface area contributed by atoms with E-state index in [-0.39, 0.29) is 24.4 Å². The van der Waals surface area contributed by atoms with Crippen LogP contribution in [0.25, 0.3) is 0 Å². The Morgan fingerprint density at radius 1 is 1.43 bits per heavy atom. The van der Waals surface area contributed by atoms with Gasteiger partial charge in [0.2, 0.25) is 0 Å². The molecule has 0 aromatic carbocycles. The fraction of sp³-hybridized carbons (Fsp3) is 0.909. The standard InChI is InChI=1S/C11H14F2O8S2/c1-4-5-2-6-8(19-23(16,17)9(4)6)7(5)3-18-10(14)11(12,13)22-21-20-15/h4-9,15H,2-3H2,1H3. The summed E-state index contributed by atoms with van der Waals surface area (Å²) < 4.78 is 63.7. The van der Waals surface area contributed by atoms with Gasteiger partial charge in [0.25, 0.3) is 10.1 Å². The van der Waals surface area contributed by atoms with Crippen molar-refractivity contribution < 1.29 is 45.5 Å². The number of ether oxygens (including phenoxy) is 1. The maximum atomic E-state index is 13.3. The van der Waals surface area contributed by atoms with Crippen molar-refractivity contribution in [2.75, 3.05) is 6.61 Å². The number of rotatable bonds is 6. The number of alkyl halides is 2. The third-order valence-electron chi connectivity index (χ3n) is 4.95. The Morgan fingerprint density at radius 2 is 2.13 bits per heavy atom. The summed E-state index contributed by atoms with van der Waals surface area (Å²) in [5.74, 6) is -2.72. The van der Waals surface area contributed by atoms with E-state index in [2.05, 4.69) is 14.1 Å². The zero-order valence-electron chi connectivity index (χ0n) is 11.8. The van der Waals surface area contributed by atoms with E-state index in [1.54, 1.807) is 6.92 Å². The van der Waals surface area contributed by atoms with Crippen LogP contribution in [0.1, 0.15) is 13.3 Å². The van der Waals surface area contributed by atoms with Gasteiger partial charge in [-0.05, 0) is 18.3 Å². The third-order valence-corrected chi connectivity index (χ3v) is 7.39. The molecule has 1 heterocycles. The summed E-state index contributed by atoms with van der Waals surface area (Å²) in [4.78, 5) is 11.4. The molecule has 132 valence electrons. The Labute approximate surface area is 134 Å². The summed E-state index contributed by atoms with van der Waals surface area (Å²) >= 11 is -0.708. The molecule has 0 aromatic rings. The molecule has 23 heavy (non-hydrogen) atoms. The topological polar surface area (TPSA) is 108 Å². The van der Waals surface area contributed by atoms with Crippen molar-refractivity contribution in [2.45, 2.75) is 30.0 Å². The number of hydrogen-bond acceptors (Lipinski definition) is 9. The lowest BCUT2D eigenvalue weighted by Gasteiger charge is -2.29. The summed E-state index contributed by atoms with van der Waals surface area (Å²) in [6, 6.07) is 0. The van der Waals surface area contributed by atoms with E-state index in [4.69, 9.17) is 9.44 Å². The number of hydrogen-bond donors (Lipinski definition) is 1. The van der Waals surface area contributed by atoms with Crippen LogP contribution in [0, 0.1) is 23.7 Å². The molecule has 0 radical (unpaired) electrons. The van der Waals surface area contributed by atoms with Gasteiger partial charge in [-0.25, -0.2) is 10.1 Å². The minimum absolute atomic E-state index is 0.0571. The number of carbonyl (C=O) groups excluding carboxylic acids is 1. The molecule has 0 aromatic heterocycles. The van der Waals surface area contributed by atoms with Gasteiger partial charge in [0.15, 0.2) is 0 Å². The van der Waals surface area contributed by atoms with Gasteiger partial charge in [0, 0.05) is 11.8 Å². The molecule has 1 saturated heterocycles. The molecule has 6 atom stereocenters. The fourth-order valence-electron chi connectivity index (χ4n) is 4.15. The molecule has 1 N–H and O–H groups in total. The van der Waals surface area contributed by atoms with Crippen LogP contribution in [0.15, 0.2) is 0 Å². The van der Waals surface area contributed by atoms with Crippen LogP contribution in [0.2, 0.25) is 0 Å². The van der Waals surface area contributed by atoms with Crippen molar-refractivity contribution in [3.05, 3.63) is 0 Å². The molecule has 0 spiro atoms. The van der Waals surface area contributed by atoms with Crippen LogP contribution in [0.4, 0.5) is 8.78 Å². The van der Waals surface area contributed by atoms with E-state index in [0.29, 0.717) is 6.42 Å². The van der Waals surface area contributed by atoms with Gasteiger partial charge in [-0.15, -0.1) is 4.33 Å². The molecule has 3 aliphatic rings. The first kappa shape index (κ1) is 17.3. The normalized spacial score (nSPS) is 40.5. The number of esters is 1. The number of fused-ring (bicyclic) bond motifs is 1. The minimum atomic E-state index is -4.07. The van der Waals surface area contributed by atoms with E-state index in [0.717, 1.165) is 0 Å². The first-order valence-electron chi connectivity index (χ1n) is 6.82. The molecular formula is C11H14F2O8S2. The van der Waals surface area contributed by atoms with Gasteiger partial charge in [-0.1, -0.05) is 12.0 Å². The van der Waals surface area contributed by atoms with Crippen LogP contribution in [-0.4, -0.2) is 42.9 Å². The largest absolute Gasteiger partial charge is 0.460 e. The highest BCUT2D eigenvalue weighted by Gasteiger charge is 2.67. The molecule has 3 rings (SSSR count).